The number of carbonyl (C=O) groups excluding carboxylic acids is 1. The number of nitrogens with one attached hydrogen (secondary N) is 1. The minimum atomic E-state index is -4.66. The molecule has 0 saturated carbocycles. The van der Waals surface area contributed by atoms with E-state index in [0.717, 1.165) is 16.2 Å². The Kier molecular flexibility index (Phi) is 4.49. The van der Waals surface area contributed by atoms with Crippen molar-refractivity contribution >= 4 is 12.0 Å². The van der Waals surface area contributed by atoms with Gasteiger partial charge in [0, 0.05) is 13.1 Å². The Hall–Kier alpha value is -2.45. The summed E-state index contributed by atoms with van der Waals surface area (Å²) in [4.78, 5) is 24.3. The molecule has 3 atom stereocenters. The number of benzene rings is 1. The molecular weight excluding hydrogens is 341 g/mol. The molecule has 136 valence electrons. The Morgan fingerprint density at radius 2 is 1.96 bits per heavy atom. The number of hydrogen-bond donors (Lipinski definition) is 2. The van der Waals surface area contributed by atoms with Gasteiger partial charge in [-0.15, -0.1) is 0 Å². The highest BCUT2D eigenvalue weighted by Crippen LogP contribution is 2.37. The van der Waals surface area contributed by atoms with E-state index >= 15 is 0 Å². The molecule has 1 fully saturated rings. The van der Waals surface area contributed by atoms with Gasteiger partial charge in [0.1, 0.15) is 12.4 Å². The molecule has 3 rings (SSSR count). The van der Waals surface area contributed by atoms with Crippen LogP contribution in [0.3, 0.4) is 0 Å². The van der Waals surface area contributed by atoms with Crippen LogP contribution in [0, 0.1) is 11.8 Å². The second-order valence-corrected chi connectivity index (χ2v) is 6.27. The van der Waals surface area contributed by atoms with Crippen LogP contribution in [-0.4, -0.2) is 53.9 Å². The number of alkyl halides is 3. The molecule has 0 radical (unpaired) electrons. The van der Waals surface area contributed by atoms with Gasteiger partial charge in [-0.3, -0.25) is 4.79 Å². The summed E-state index contributed by atoms with van der Waals surface area (Å²) >= 11 is 0. The van der Waals surface area contributed by atoms with Gasteiger partial charge in [0.15, 0.2) is 0 Å². The highest BCUT2D eigenvalue weighted by atomic mass is 19.4. The SMILES string of the molecule is O=C(O)[C@@H]1CN(C(=O)NC2COc3ccccc3C2)C[C@H]1C(F)(F)F. The number of urea groups is 1. The summed E-state index contributed by atoms with van der Waals surface area (Å²) in [5.41, 5.74) is 0.900. The van der Waals surface area contributed by atoms with Gasteiger partial charge in [-0.2, -0.15) is 13.2 Å². The van der Waals surface area contributed by atoms with Crippen LogP contribution < -0.4 is 10.1 Å². The van der Waals surface area contributed by atoms with E-state index < -0.39 is 43.1 Å². The second-order valence-electron chi connectivity index (χ2n) is 6.27. The monoisotopic (exact) mass is 358 g/mol. The van der Waals surface area contributed by atoms with Gasteiger partial charge in [-0.25, -0.2) is 4.79 Å². The third-order valence-electron chi connectivity index (χ3n) is 4.55. The van der Waals surface area contributed by atoms with Gasteiger partial charge in [-0.05, 0) is 18.1 Å². The van der Waals surface area contributed by atoms with Crippen molar-refractivity contribution in [3.63, 3.8) is 0 Å². The van der Waals surface area contributed by atoms with Crippen molar-refractivity contribution in [2.24, 2.45) is 11.8 Å². The molecule has 0 aromatic heterocycles. The van der Waals surface area contributed by atoms with Crippen LogP contribution in [0.15, 0.2) is 24.3 Å². The number of carboxylic acid groups (broad SMARTS) is 1. The summed E-state index contributed by atoms with van der Waals surface area (Å²) in [6, 6.07) is 6.23. The Labute approximate surface area is 141 Å². The zero-order valence-electron chi connectivity index (χ0n) is 13.1. The van der Waals surface area contributed by atoms with Gasteiger partial charge in [0.2, 0.25) is 0 Å². The number of likely N-dealkylation sites (tertiary alicyclic amines) is 1. The molecule has 2 aliphatic heterocycles. The molecule has 2 amide bonds. The number of carboxylic acids is 1. The maximum atomic E-state index is 13.0. The minimum Gasteiger partial charge on any atom is -0.491 e. The average Bonchev–Trinajstić information content (AvgIpc) is 3.01. The Morgan fingerprint density at radius 3 is 2.60 bits per heavy atom. The van der Waals surface area contributed by atoms with Gasteiger partial charge < -0.3 is 20.1 Å². The third kappa shape index (κ3) is 3.64. The van der Waals surface area contributed by atoms with E-state index in [4.69, 9.17) is 9.84 Å². The van der Waals surface area contributed by atoms with Gasteiger partial charge >= 0.3 is 18.2 Å². The number of hydrogen-bond acceptors (Lipinski definition) is 3. The number of halogens is 3. The quantitative estimate of drug-likeness (QED) is 0.846. The summed E-state index contributed by atoms with van der Waals surface area (Å²) in [5.74, 6) is -4.53. The van der Waals surface area contributed by atoms with E-state index in [1.165, 1.54) is 0 Å². The van der Waals surface area contributed by atoms with Crippen molar-refractivity contribution in [3.05, 3.63) is 29.8 Å². The molecule has 9 heteroatoms. The van der Waals surface area contributed by atoms with E-state index in [1.54, 1.807) is 6.07 Å². The van der Waals surface area contributed by atoms with E-state index in [1.807, 2.05) is 18.2 Å². The molecule has 2 heterocycles. The number of rotatable bonds is 2. The van der Waals surface area contributed by atoms with Crippen LogP contribution in [0.1, 0.15) is 5.56 Å². The standard InChI is InChI=1S/C16H17F3N2O4/c17-16(18,19)12-7-21(6-11(12)14(22)23)15(24)20-10-5-9-3-1-2-4-13(9)25-8-10/h1-4,10-12H,5-8H2,(H,20,24)(H,22,23)/t10?,11-,12-/m1/s1. The molecule has 25 heavy (non-hydrogen) atoms. The minimum absolute atomic E-state index is 0.210. The zero-order chi connectivity index (χ0) is 18.2. The van der Waals surface area contributed by atoms with Crippen LogP contribution in [0.4, 0.5) is 18.0 Å². The fourth-order valence-corrected chi connectivity index (χ4v) is 3.24. The molecule has 6 nitrogen and oxygen atoms in total. The second kappa shape index (κ2) is 6.45. The van der Waals surface area contributed by atoms with Crippen LogP contribution in [0.5, 0.6) is 5.75 Å². The number of amides is 2. The molecule has 2 aliphatic rings. The molecule has 0 spiro atoms. The van der Waals surface area contributed by atoms with Crippen LogP contribution >= 0.6 is 0 Å². The summed E-state index contributed by atoms with van der Waals surface area (Å²) in [7, 11) is 0. The van der Waals surface area contributed by atoms with Crippen LogP contribution in [-0.2, 0) is 11.2 Å². The molecule has 1 aromatic rings. The Morgan fingerprint density at radius 1 is 1.24 bits per heavy atom. The topological polar surface area (TPSA) is 78.9 Å². The van der Waals surface area contributed by atoms with E-state index in [9.17, 15) is 22.8 Å². The lowest BCUT2D eigenvalue weighted by molar-refractivity contribution is -0.187. The lowest BCUT2D eigenvalue weighted by Gasteiger charge is -2.28. The summed E-state index contributed by atoms with van der Waals surface area (Å²) in [5, 5.41) is 11.6. The predicted molar refractivity (Wildman–Crippen MR) is 80.2 cm³/mol. The highest BCUT2D eigenvalue weighted by Gasteiger charge is 2.53. The number of fused-ring (bicyclic) bond motifs is 1. The fraction of sp³-hybridized carbons (Fsp3) is 0.500. The van der Waals surface area contributed by atoms with Crippen molar-refractivity contribution < 1.29 is 32.6 Å². The zero-order valence-corrected chi connectivity index (χ0v) is 13.1. The largest absolute Gasteiger partial charge is 0.491 e. The number of carbonyl (C=O) groups is 2. The maximum absolute atomic E-state index is 13.0. The molecule has 2 N–H and O–H groups in total. The number of nitrogens with zero attached hydrogens (tertiary/aromatic N) is 1. The predicted octanol–water partition coefficient (Wildman–Crippen LogP) is 1.89. The maximum Gasteiger partial charge on any atom is 0.394 e. The molecule has 1 saturated heterocycles. The normalized spacial score (nSPS) is 25.9. The Bertz CT molecular complexity index is 680. The van der Waals surface area contributed by atoms with E-state index in [0.29, 0.717) is 6.42 Å². The lowest BCUT2D eigenvalue weighted by atomic mass is 9.96. The number of ether oxygens (including phenoxy) is 1. The van der Waals surface area contributed by atoms with Crippen LogP contribution in [0.25, 0.3) is 0 Å². The van der Waals surface area contributed by atoms with Crippen molar-refractivity contribution in [1.82, 2.24) is 10.2 Å². The van der Waals surface area contributed by atoms with Crippen molar-refractivity contribution in [2.75, 3.05) is 19.7 Å². The smallest absolute Gasteiger partial charge is 0.394 e. The molecule has 0 bridgehead atoms. The average molecular weight is 358 g/mol. The van der Waals surface area contributed by atoms with Crippen LogP contribution in [0.2, 0.25) is 0 Å². The number of aliphatic carboxylic acids is 1. The third-order valence-corrected chi connectivity index (χ3v) is 4.55. The Balaban J connectivity index is 1.63. The molecular formula is C16H17F3N2O4. The van der Waals surface area contributed by atoms with Crippen molar-refractivity contribution in [2.45, 2.75) is 18.6 Å². The first kappa shape index (κ1) is 17.4. The van der Waals surface area contributed by atoms with Gasteiger partial charge in [0.25, 0.3) is 0 Å². The molecule has 0 aliphatic carbocycles. The van der Waals surface area contributed by atoms with E-state index in [2.05, 4.69) is 5.32 Å². The van der Waals surface area contributed by atoms with Crippen molar-refractivity contribution in [3.8, 4) is 5.75 Å². The van der Waals surface area contributed by atoms with Crippen molar-refractivity contribution in [1.29, 1.82) is 0 Å². The first-order valence-corrected chi connectivity index (χ1v) is 7.81. The van der Waals surface area contributed by atoms with Gasteiger partial charge in [-0.1, -0.05) is 18.2 Å². The molecule has 1 unspecified atom stereocenters. The summed E-state index contributed by atoms with van der Waals surface area (Å²) in [6.07, 6.45) is -4.16. The molecule has 1 aromatic carbocycles. The fourth-order valence-electron chi connectivity index (χ4n) is 3.24. The number of para-hydroxylation sites is 1. The first-order valence-electron chi connectivity index (χ1n) is 7.81. The van der Waals surface area contributed by atoms with E-state index in [-0.39, 0.29) is 12.6 Å². The summed E-state index contributed by atoms with van der Waals surface area (Å²) < 4.78 is 44.5. The lowest BCUT2D eigenvalue weighted by Crippen LogP contribution is -2.48. The summed E-state index contributed by atoms with van der Waals surface area (Å²) in [6.45, 7) is -0.909. The van der Waals surface area contributed by atoms with Gasteiger partial charge in [0.05, 0.1) is 17.9 Å². The first-order chi connectivity index (χ1) is 11.8. The highest BCUT2D eigenvalue weighted by molar-refractivity contribution is 5.78.